The van der Waals surface area contributed by atoms with Crippen molar-refractivity contribution in [3.63, 3.8) is 0 Å². The van der Waals surface area contributed by atoms with Crippen LogP contribution in [-0.4, -0.2) is 52.9 Å². The van der Waals surface area contributed by atoms with Crippen molar-refractivity contribution < 1.29 is 9.59 Å². The number of piperidine rings is 1. The SMILES string of the molecule is CNC1CCCN(C(=O)c2nccnc2NC(=O)C(C)(C)C)C1.Cl.Cl. The third-order valence-electron chi connectivity index (χ3n) is 3.93. The molecule has 142 valence electrons. The molecule has 0 aliphatic carbocycles. The minimum Gasteiger partial charge on any atom is -0.336 e. The van der Waals surface area contributed by atoms with Crippen LogP contribution in [0.5, 0.6) is 0 Å². The number of nitrogens with zero attached hydrogens (tertiary/aromatic N) is 3. The largest absolute Gasteiger partial charge is 0.336 e. The van der Waals surface area contributed by atoms with Crippen LogP contribution in [0.15, 0.2) is 12.4 Å². The molecule has 1 aliphatic heterocycles. The summed E-state index contributed by atoms with van der Waals surface area (Å²) in [6, 6.07) is 0.289. The van der Waals surface area contributed by atoms with Gasteiger partial charge >= 0.3 is 0 Å². The fraction of sp³-hybridized carbons (Fsp3) is 0.625. The second kappa shape index (κ2) is 9.89. The van der Waals surface area contributed by atoms with Crippen molar-refractivity contribution in [2.45, 2.75) is 39.7 Å². The highest BCUT2D eigenvalue weighted by atomic mass is 35.5. The Morgan fingerprint density at radius 2 is 1.84 bits per heavy atom. The Morgan fingerprint density at radius 1 is 1.20 bits per heavy atom. The van der Waals surface area contributed by atoms with E-state index in [0.29, 0.717) is 13.1 Å². The summed E-state index contributed by atoms with van der Waals surface area (Å²) in [6.07, 6.45) is 4.94. The minimum atomic E-state index is -0.569. The third kappa shape index (κ3) is 6.09. The van der Waals surface area contributed by atoms with Crippen LogP contribution >= 0.6 is 24.8 Å². The molecular weight excluding hydrogens is 365 g/mol. The van der Waals surface area contributed by atoms with E-state index in [9.17, 15) is 9.59 Å². The Balaban J connectivity index is 0.00000288. The predicted octanol–water partition coefficient (Wildman–Crippen LogP) is 2.13. The molecule has 25 heavy (non-hydrogen) atoms. The number of hydrogen-bond acceptors (Lipinski definition) is 5. The summed E-state index contributed by atoms with van der Waals surface area (Å²) in [5.74, 6) is -0.162. The lowest BCUT2D eigenvalue weighted by molar-refractivity contribution is -0.123. The first kappa shape index (κ1) is 23.6. The molecular formula is C16H27Cl2N5O2. The molecule has 0 spiro atoms. The van der Waals surface area contributed by atoms with Crippen LogP contribution in [0.1, 0.15) is 44.1 Å². The molecule has 1 aromatic rings. The molecule has 1 aliphatic rings. The Kier molecular flexibility index (Phi) is 9.32. The van der Waals surface area contributed by atoms with E-state index in [-0.39, 0.29) is 54.2 Å². The van der Waals surface area contributed by atoms with Gasteiger partial charge in [-0.3, -0.25) is 9.59 Å². The molecule has 0 radical (unpaired) electrons. The Morgan fingerprint density at radius 3 is 2.44 bits per heavy atom. The highest BCUT2D eigenvalue weighted by Crippen LogP contribution is 2.20. The number of hydrogen-bond donors (Lipinski definition) is 2. The number of halogens is 2. The van der Waals surface area contributed by atoms with E-state index in [2.05, 4.69) is 20.6 Å². The zero-order valence-corrected chi connectivity index (χ0v) is 16.7. The molecule has 1 atom stereocenters. The molecule has 2 amide bonds. The minimum absolute atomic E-state index is 0. The monoisotopic (exact) mass is 391 g/mol. The van der Waals surface area contributed by atoms with Crippen molar-refractivity contribution in [3.8, 4) is 0 Å². The highest BCUT2D eigenvalue weighted by Gasteiger charge is 2.28. The quantitative estimate of drug-likeness (QED) is 0.823. The fourth-order valence-electron chi connectivity index (χ4n) is 2.43. The van der Waals surface area contributed by atoms with Gasteiger partial charge in [0.15, 0.2) is 11.5 Å². The summed E-state index contributed by atoms with van der Waals surface area (Å²) in [4.78, 5) is 35.0. The number of carbonyl (C=O) groups is 2. The molecule has 2 N–H and O–H groups in total. The Labute approximate surface area is 161 Å². The fourth-order valence-corrected chi connectivity index (χ4v) is 2.43. The topological polar surface area (TPSA) is 87.2 Å². The van der Waals surface area contributed by atoms with Crippen LogP contribution < -0.4 is 10.6 Å². The van der Waals surface area contributed by atoms with Crippen molar-refractivity contribution in [2.75, 3.05) is 25.5 Å². The van der Waals surface area contributed by atoms with Crippen molar-refractivity contribution >= 4 is 42.4 Å². The van der Waals surface area contributed by atoms with Crippen molar-refractivity contribution in [1.82, 2.24) is 20.2 Å². The molecule has 2 rings (SSSR count). The molecule has 1 aromatic heterocycles. The van der Waals surface area contributed by atoms with Crippen molar-refractivity contribution in [1.29, 1.82) is 0 Å². The van der Waals surface area contributed by atoms with Crippen LogP contribution in [0.2, 0.25) is 0 Å². The number of likely N-dealkylation sites (N-methyl/N-ethyl adjacent to an activating group) is 1. The molecule has 0 aromatic carbocycles. The summed E-state index contributed by atoms with van der Waals surface area (Å²) >= 11 is 0. The first-order valence-corrected chi connectivity index (χ1v) is 7.92. The number of anilines is 1. The van der Waals surface area contributed by atoms with Gasteiger partial charge in [-0.05, 0) is 19.9 Å². The first-order valence-electron chi connectivity index (χ1n) is 7.92. The molecule has 7 nitrogen and oxygen atoms in total. The average molecular weight is 392 g/mol. The van der Waals surface area contributed by atoms with Crippen molar-refractivity contribution in [2.24, 2.45) is 5.41 Å². The lowest BCUT2D eigenvalue weighted by atomic mass is 9.96. The molecule has 0 saturated carbocycles. The van der Waals surface area contributed by atoms with Gasteiger partial charge in [0, 0.05) is 36.9 Å². The van der Waals surface area contributed by atoms with Gasteiger partial charge < -0.3 is 15.5 Å². The predicted molar refractivity (Wildman–Crippen MR) is 103 cm³/mol. The van der Waals surface area contributed by atoms with Crippen molar-refractivity contribution in [3.05, 3.63) is 18.1 Å². The number of amides is 2. The second-order valence-electron chi connectivity index (χ2n) is 6.84. The molecule has 2 heterocycles. The van der Waals surface area contributed by atoms with Gasteiger partial charge in [0.1, 0.15) is 0 Å². The molecule has 1 unspecified atom stereocenters. The summed E-state index contributed by atoms with van der Waals surface area (Å²) in [5, 5.41) is 5.93. The zero-order chi connectivity index (χ0) is 17.0. The third-order valence-corrected chi connectivity index (χ3v) is 3.93. The van der Waals surface area contributed by atoms with E-state index in [1.807, 2.05) is 27.8 Å². The summed E-state index contributed by atoms with van der Waals surface area (Å²) in [5.41, 5.74) is -0.373. The Hall–Kier alpha value is -1.44. The number of aromatic nitrogens is 2. The maximum absolute atomic E-state index is 12.8. The molecule has 9 heteroatoms. The van der Waals surface area contributed by atoms with Gasteiger partial charge in [0.2, 0.25) is 5.91 Å². The van der Waals surface area contributed by atoms with Crippen LogP contribution in [0.4, 0.5) is 5.82 Å². The van der Waals surface area contributed by atoms with Crippen LogP contribution in [0.25, 0.3) is 0 Å². The lowest BCUT2D eigenvalue weighted by Gasteiger charge is -2.32. The maximum Gasteiger partial charge on any atom is 0.276 e. The number of likely N-dealkylation sites (tertiary alicyclic amines) is 1. The smallest absolute Gasteiger partial charge is 0.276 e. The normalized spacial score (nSPS) is 17.1. The standard InChI is InChI=1S/C16H25N5O2.2ClH/c1-16(2,3)15(23)20-13-12(18-7-8-19-13)14(22)21-9-5-6-11(10-21)17-4;;/h7-8,11,17H,5-6,9-10H2,1-4H3,(H,19,20,23);2*1H. The summed E-state index contributed by atoms with van der Waals surface area (Å²) in [6.45, 7) is 6.76. The number of nitrogens with one attached hydrogen (secondary N) is 2. The zero-order valence-electron chi connectivity index (χ0n) is 15.0. The van der Waals surface area contributed by atoms with E-state index >= 15 is 0 Å². The molecule has 1 saturated heterocycles. The van der Waals surface area contributed by atoms with Crippen LogP contribution in [0.3, 0.4) is 0 Å². The van der Waals surface area contributed by atoms with Gasteiger partial charge in [0.05, 0.1) is 0 Å². The van der Waals surface area contributed by atoms with Gasteiger partial charge in [-0.15, -0.1) is 24.8 Å². The lowest BCUT2D eigenvalue weighted by Crippen LogP contribution is -2.47. The Bertz CT molecular complexity index is 592. The van der Waals surface area contributed by atoms with E-state index in [1.165, 1.54) is 12.4 Å². The highest BCUT2D eigenvalue weighted by molar-refractivity contribution is 6.02. The molecule has 0 bridgehead atoms. The van der Waals surface area contributed by atoms with Gasteiger partial charge in [0.25, 0.3) is 5.91 Å². The number of rotatable bonds is 3. The van der Waals surface area contributed by atoms with Gasteiger partial charge in [-0.2, -0.15) is 0 Å². The second-order valence-corrected chi connectivity index (χ2v) is 6.84. The van der Waals surface area contributed by atoms with E-state index in [0.717, 1.165) is 12.8 Å². The van der Waals surface area contributed by atoms with Gasteiger partial charge in [-0.25, -0.2) is 9.97 Å². The summed E-state index contributed by atoms with van der Waals surface area (Å²) < 4.78 is 0. The first-order chi connectivity index (χ1) is 10.8. The summed E-state index contributed by atoms with van der Waals surface area (Å²) in [7, 11) is 1.90. The van der Waals surface area contributed by atoms with Crippen LogP contribution in [0, 0.1) is 5.41 Å². The van der Waals surface area contributed by atoms with E-state index < -0.39 is 5.41 Å². The molecule has 1 fully saturated rings. The maximum atomic E-state index is 12.8. The number of carbonyl (C=O) groups excluding carboxylic acids is 2. The average Bonchev–Trinajstić information content (AvgIpc) is 2.54. The van der Waals surface area contributed by atoms with Gasteiger partial charge in [-0.1, -0.05) is 20.8 Å². The van der Waals surface area contributed by atoms with E-state index in [4.69, 9.17) is 0 Å². The van der Waals surface area contributed by atoms with Crippen LogP contribution in [-0.2, 0) is 4.79 Å². The van der Waals surface area contributed by atoms with E-state index in [1.54, 1.807) is 4.90 Å².